The lowest BCUT2D eigenvalue weighted by atomic mass is 9.90. The molecule has 0 aromatic heterocycles. The third-order valence-corrected chi connectivity index (χ3v) is 7.75. The summed E-state index contributed by atoms with van der Waals surface area (Å²) in [6, 6.07) is 0. The minimum Gasteiger partial charge on any atom is -0.303 e. The molecule has 2 saturated carbocycles. The Labute approximate surface area is 117 Å². The van der Waals surface area contributed by atoms with Gasteiger partial charge in [0, 0.05) is 22.3 Å². The van der Waals surface area contributed by atoms with Crippen molar-refractivity contribution in [2.75, 3.05) is 0 Å². The highest BCUT2D eigenvalue weighted by molar-refractivity contribution is 8.77. The fourth-order valence-electron chi connectivity index (χ4n) is 2.94. The van der Waals surface area contributed by atoms with Gasteiger partial charge in [0.1, 0.15) is 12.6 Å². The van der Waals surface area contributed by atoms with Crippen molar-refractivity contribution in [2.45, 2.75) is 61.9 Å². The molecular weight excluding hydrogens is 264 g/mol. The van der Waals surface area contributed by atoms with Crippen molar-refractivity contribution in [2.24, 2.45) is 11.8 Å². The highest BCUT2D eigenvalue weighted by Crippen LogP contribution is 2.45. The molecule has 18 heavy (non-hydrogen) atoms. The molecule has 0 radical (unpaired) electrons. The summed E-state index contributed by atoms with van der Waals surface area (Å²) >= 11 is 0. The van der Waals surface area contributed by atoms with E-state index in [1.54, 1.807) is 0 Å². The standard InChI is InChI=1S/C14H22O2S2/c15-9-11-5-1-3-7-13(11)17-18-14-8-4-2-6-12(14)10-16/h9-14H,1-8H2. The van der Waals surface area contributed by atoms with Crippen LogP contribution in [0.25, 0.3) is 0 Å². The molecule has 2 fully saturated rings. The average molecular weight is 286 g/mol. The van der Waals surface area contributed by atoms with E-state index in [0.717, 1.165) is 25.4 Å². The molecule has 102 valence electrons. The molecule has 4 unspecified atom stereocenters. The zero-order valence-electron chi connectivity index (χ0n) is 10.8. The van der Waals surface area contributed by atoms with Crippen LogP contribution in [0.15, 0.2) is 0 Å². The number of hydrogen-bond acceptors (Lipinski definition) is 4. The van der Waals surface area contributed by atoms with E-state index in [9.17, 15) is 9.59 Å². The van der Waals surface area contributed by atoms with E-state index < -0.39 is 0 Å². The summed E-state index contributed by atoms with van der Waals surface area (Å²) in [6.07, 6.45) is 11.7. The van der Waals surface area contributed by atoms with Gasteiger partial charge in [0.25, 0.3) is 0 Å². The van der Waals surface area contributed by atoms with Crippen LogP contribution in [0.5, 0.6) is 0 Å². The summed E-state index contributed by atoms with van der Waals surface area (Å²) in [6.45, 7) is 0. The van der Waals surface area contributed by atoms with E-state index in [-0.39, 0.29) is 11.8 Å². The molecule has 0 spiro atoms. The molecule has 0 saturated heterocycles. The summed E-state index contributed by atoms with van der Waals surface area (Å²) in [7, 11) is 3.76. The molecule has 2 aliphatic rings. The van der Waals surface area contributed by atoms with Crippen LogP contribution in [0.4, 0.5) is 0 Å². The maximum absolute atomic E-state index is 11.1. The van der Waals surface area contributed by atoms with Gasteiger partial charge in [-0.25, -0.2) is 0 Å². The molecule has 0 heterocycles. The fourth-order valence-corrected chi connectivity index (χ4v) is 6.73. The summed E-state index contributed by atoms with van der Waals surface area (Å²) < 4.78 is 0. The lowest BCUT2D eigenvalue weighted by Crippen LogP contribution is -2.25. The van der Waals surface area contributed by atoms with E-state index >= 15 is 0 Å². The van der Waals surface area contributed by atoms with Crippen LogP contribution in [0.1, 0.15) is 51.4 Å². The van der Waals surface area contributed by atoms with Crippen molar-refractivity contribution >= 4 is 34.2 Å². The lowest BCUT2D eigenvalue weighted by molar-refractivity contribution is -0.112. The predicted molar refractivity (Wildman–Crippen MR) is 78.8 cm³/mol. The first-order valence-corrected chi connectivity index (χ1v) is 9.35. The molecule has 0 aliphatic heterocycles. The second-order valence-corrected chi connectivity index (χ2v) is 8.19. The summed E-state index contributed by atoms with van der Waals surface area (Å²) in [4.78, 5) is 22.1. The molecule has 0 amide bonds. The SMILES string of the molecule is O=CC1CCCCC1SSC1CCCCC1C=O. The Morgan fingerprint density at radius 2 is 1.06 bits per heavy atom. The van der Waals surface area contributed by atoms with Crippen molar-refractivity contribution in [3.63, 3.8) is 0 Å². The number of rotatable bonds is 5. The van der Waals surface area contributed by atoms with Gasteiger partial charge in [-0.1, -0.05) is 47.3 Å². The second-order valence-electron chi connectivity index (χ2n) is 5.44. The van der Waals surface area contributed by atoms with Gasteiger partial charge in [-0.05, 0) is 25.7 Å². The van der Waals surface area contributed by atoms with Crippen molar-refractivity contribution in [1.82, 2.24) is 0 Å². The Hall–Kier alpha value is 0.0400. The highest BCUT2D eigenvalue weighted by atomic mass is 33.1. The summed E-state index contributed by atoms with van der Waals surface area (Å²) in [5, 5.41) is 0.964. The van der Waals surface area contributed by atoms with Crippen molar-refractivity contribution in [3.8, 4) is 0 Å². The number of carbonyl (C=O) groups excluding carboxylic acids is 2. The normalized spacial score (nSPS) is 37.1. The quantitative estimate of drug-likeness (QED) is 0.567. The first-order valence-electron chi connectivity index (χ1n) is 7.08. The van der Waals surface area contributed by atoms with Crippen LogP contribution in [0.3, 0.4) is 0 Å². The van der Waals surface area contributed by atoms with Crippen LogP contribution in [-0.2, 0) is 9.59 Å². The van der Waals surface area contributed by atoms with Gasteiger partial charge in [0.05, 0.1) is 0 Å². The molecule has 2 nitrogen and oxygen atoms in total. The number of carbonyl (C=O) groups is 2. The van der Waals surface area contributed by atoms with Crippen molar-refractivity contribution < 1.29 is 9.59 Å². The Bertz CT molecular complexity index is 255. The lowest BCUT2D eigenvalue weighted by Gasteiger charge is -2.31. The minimum atomic E-state index is 0.245. The number of aldehydes is 2. The third-order valence-electron chi connectivity index (χ3n) is 4.16. The third kappa shape index (κ3) is 3.77. The van der Waals surface area contributed by atoms with E-state index in [4.69, 9.17) is 0 Å². The molecule has 0 aromatic rings. The van der Waals surface area contributed by atoms with Gasteiger partial charge >= 0.3 is 0 Å². The fraction of sp³-hybridized carbons (Fsp3) is 0.857. The van der Waals surface area contributed by atoms with Crippen LogP contribution >= 0.6 is 21.6 Å². The van der Waals surface area contributed by atoms with Crippen molar-refractivity contribution in [1.29, 1.82) is 0 Å². The topological polar surface area (TPSA) is 34.1 Å². The van der Waals surface area contributed by atoms with Crippen molar-refractivity contribution in [3.05, 3.63) is 0 Å². The maximum atomic E-state index is 11.1. The Morgan fingerprint density at radius 1 is 0.667 bits per heavy atom. The first kappa shape index (κ1) is 14.4. The molecule has 2 aliphatic carbocycles. The molecule has 0 bridgehead atoms. The molecule has 2 rings (SSSR count). The minimum absolute atomic E-state index is 0.245. The van der Waals surface area contributed by atoms with E-state index in [0.29, 0.717) is 10.5 Å². The van der Waals surface area contributed by atoms with Gasteiger partial charge in [-0.3, -0.25) is 0 Å². The van der Waals surface area contributed by atoms with Crippen LogP contribution < -0.4 is 0 Å². The highest BCUT2D eigenvalue weighted by Gasteiger charge is 2.30. The van der Waals surface area contributed by atoms with Gasteiger partial charge in [-0.15, -0.1) is 0 Å². The van der Waals surface area contributed by atoms with Gasteiger partial charge in [0.15, 0.2) is 0 Å². The first-order chi connectivity index (χ1) is 8.85. The van der Waals surface area contributed by atoms with E-state index in [2.05, 4.69) is 0 Å². The van der Waals surface area contributed by atoms with Crippen LogP contribution in [-0.4, -0.2) is 23.1 Å². The number of hydrogen-bond donors (Lipinski definition) is 0. The van der Waals surface area contributed by atoms with Gasteiger partial charge in [0.2, 0.25) is 0 Å². The molecule has 4 heteroatoms. The maximum Gasteiger partial charge on any atom is 0.124 e. The van der Waals surface area contributed by atoms with Gasteiger partial charge in [-0.2, -0.15) is 0 Å². The summed E-state index contributed by atoms with van der Waals surface area (Å²) in [5.74, 6) is 0.490. The summed E-state index contributed by atoms with van der Waals surface area (Å²) in [5.41, 5.74) is 0. The molecule has 0 N–H and O–H groups in total. The molecule has 4 atom stereocenters. The average Bonchev–Trinajstić information content (AvgIpc) is 2.45. The van der Waals surface area contributed by atoms with Crippen LogP contribution in [0.2, 0.25) is 0 Å². The van der Waals surface area contributed by atoms with Crippen LogP contribution in [0, 0.1) is 11.8 Å². The van der Waals surface area contributed by atoms with E-state index in [1.165, 1.54) is 38.5 Å². The molecule has 0 aromatic carbocycles. The molecular formula is C14H22O2S2. The Morgan fingerprint density at radius 3 is 1.44 bits per heavy atom. The van der Waals surface area contributed by atoms with Gasteiger partial charge < -0.3 is 9.59 Å². The smallest absolute Gasteiger partial charge is 0.124 e. The largest absolute Gasteiger partial charge is 0.303 e. The predicted octanol–water partition coefficient (Wildman–Crippen LogP) is 3.88. The zero-order chi connectivity index (χ0) is 12.8. The Kier molecular flexibility index (Phi) is 6.09. The van der Waals surface area contributed by atoms with E-state index in [1.807, 2.05) is 21.6 Å². The monoisotopic (exact) mass is 286 g/mol. The Balaban J connectivity index is 1.81. The second kappa shape index (κ2) is 7.59. The zero-order valence-corrected chi connectivity index (χ0v) is 12.4.